The molecule has 7 heteroatoms. The number of hydrogen-bond donors (Lipinski definition) is 2. The minimum atomic E-state index is -3.75. The minimum Gasteiger partial charge on any atom is -0.465 e. The van der Waals surface area contributed by atoms with Crippen LogP contribution in [0.3, 0.4) is 0 Å². The van der Waals surface area contributed by atoms with Crippen molar-refractivity contribution in [2.75, 3.05) is 13.2 Å². The molecule has 1 atom stereocenters. The maximum Gasteiger partial charge on any atom is 0.321 e. The molecule has 0 heterocycles. The van der Waals surface area contributed by atoms with Gasteiger partial charge in [0, 0.05) is 0 Å². The second-order valence-electron chi connectivity index (χ2n) is 3.87. The summed E-state index contributed by atoms with van der Waals surface area (Å²) >= 11 is 0. The first kappa shape index (κ1) is 15.6. The summed E-state index contributed by atoms with van der Waals surface area (Å²) in [4.78, 5) is 11.1. The SMILES string of the molecule is CCOC(=O)CNS(=O)(=O)c1ccc(C(C)O)cc1. The number of carbonyl (C=O) groups is 1. The Morgan fingerprint density at radius 3 is 2.42 bits per heavy atom. The molecule has 0 bridgehead atoms. The van der Waals surface area contributed by atoms with Gasteiger partial charge in [-0.05, 0) is 31.5 Å². The minimum absolute atomic E-state index is 0.0289. The maximum absolute atomic E-state index is 11.8. The first-order valence-corrected chi connectivity index (χ1v) is 7.28. The zero-order valence-corrected chi connectivity index (χ0v) is 11.6. The highest BCUT2D eigenvalue weighted by Crippen LogP contribution is 2.15. The van der Waals surface area contributed by atoms with E-state index in [4.69, 9.17) is 0 Å². The van der Waals surface area contributed by atoms with Gasteiger partial charge >= 0.3 is 5.97 Å². The van der Waals surface area contributed by atoms with Crippen LogP contribution in [0, 0.1) is 0 Å². The number of carbonyl (C=O) groups excluding carboxylic acids is 1. The summed E-state index contributed by atoms with van der Waals surface area (Å²) in [7, 11) is -3.75. The number of aliphatic hydroxyl groups excluding tert-OH is 1. The lowest BCUT2D eigenvalue weighted by Crippen LogP contribution is -2.30. The summed E-state index contributed by atoms with van der Waals surface area (Å²) in [5, 5.41) is 9.33. The van der Waals surface area contributed by atoms with E-state index in [1.54, 1.807) is 13.8 Å². The van der Waals surface area contributed by atoms with Gasteiger partial charge in [-0.25, -0.2) is 8.42 Å². The third-order valence-corrected chi connectivity index (χ3v) is 3.80. The van der Waals surface area contributed by atoms with Crippen LogP contribution in [0.5, 0.6) is 0 Å². The van der Waals surface area contributed by atoms with Crippen LogP contribution in [0.1, 0.15) is 25.5 Å². The van der Waals surface area contributed by atoms with E-state index in [1.165, 1.54) is 24.3 Å². The van der Waals surface area contributed by atoms with Gasteiger partial charge in [-0.15, -0.1) is 0 Å². The van der Waals surface area contributed by atoms with Crippen molar-refractivity contribution in [1.29, 1.82) is 0 Å². The molecule has 1 aromatic rings. The zero-order valence-electron chi connectivity index (χ0n) is 10.8. The van der Waals surface area contributed by atoms with Crippen molar-refractivity contribution < 1.29 is 23.1 Å². The molecule has 1 aromatic carbocycles. The molecule has 0 saturated heterocycles. The quantitative estimate of drug-likeness (QED) is 0.747. The molecule has 0 aliphatic carbocycles. The maximum atomic E-state index is 11.8. The first-order valence-electron chi connectivity index (χ1n) is 5.80. The summed E-state index contributed by atoms with van der Waals surface area (Å²) in [6.45, 7) is 3.02. The second kappa shape index (κ2) is 6.65. The summed E-state index contributed by atoms with van der Waals surface area (Å²) in [6.07, 6.45) is -0.663. The summed E-state index contributed by atoms with van der Waals surface area (Å²) in [6, 6.07) is 5.78. The predicted octanol–water partition coefficient (Wildman–Crippen LogP) is 0.581. The first-order chi connectivity index (χ1) is 8.86. The number of hydrogen-bond acceptors (Lipinski definition) is 5. The molecule has 19 heavy (non-hydrogen) atoms. The van der Waals surface area contributed by atoms with Gasteiger partial charge in [-0.3, -0.25) is 4.79 Å². The number of aliphatic hydroxyl groups is 1. The van der Waals surface area contributed by atoms with Gasteiger partial charge in [0.15, 0.2) is 0 Å². The van der Waals surface area contributed by atoms with Crippen LogP contribution in [0.2, 0.25) is 0 Å². The number of esters is 1. The summed E-state index contributed by atoms with van der Waals surface area (Å²) in [5.41, 5.74) is 0.615. The van der Waals surface area contributed by atoms with Gasteiger partial charge in [-0.2, -0.15) is 4.72 Å². The van der Waals surface area contributed by atoms with Crippen LogP contribution < -0.4 is 4.72 Å². The molecule has 2 N–H and O–H groups in total. The number of rotatable bonds is 6. The Kier molecular flexibility index (Phi) is 5.46. The molecule has 1 unspecified atom stereocenters. The van der Waals surface area contributed by atoms with Crippen LogP contribution in [-0.2, 0) is 19.6 Å². The largest absolute Gasteiger partial charge is 0.465 e. The molecular formula is C12H17NO5S. The highest BCUT2D eigenvalue weighted by Gasteiger charge is 2.16. The van der Waals surface area contributed by atoms with E-state index in [9.17, 15) is 18.3 Å². The van der Waals surface area contributed by atoms with Crippen LogP contribution in [-0.4, -0.2) is 32.6 Å². The predicted molar refractivity (Wildman–Crippen MR) is 68.9 cm³/mol. The van der Waals surface area contributed by atoms with Crippen molar-refractivity contribution in [3.8, 4) is 0 Å². The normalized spacial score (nSPS) is 13.0. The molecule has 0 fully saturated rings. The van der Waals surface area contributed by atoms with E-state index in [1.807, 2.05) is 0 Å². The van der Waals surface area contributed by atoms with Crippen LogP contribution in [0.4, 0.5) is 0 Å². The van der Waals surface area contributed by atoms with E-state index in [0.717, 1.165) is 0 Å². The van der Waals surface area contributed by atoms with Crippen molar-refractivity contribution in [2.24, 2.45) is 0 Å². The Labute approximate surface area is 112 Å². The van der Waals surface area contributed by atoms with Gasteiger partial charge in [0.05, 0.1) is 17.6 Å². The molecule has 0 saturated carbocycles. The molecule has 0 amide bonds. The standard InChI is InChI=1S/C12H17NO5S/c1-3-18-12(15)8-13-19(16,17)11-6-4-10(5-7-11)9(2)14/h4-7,9,13-14H,3,8H2,1-2H3. The molecule has 106 valence electrons. The van der Waals surface area contributed by atoms with Crippen LogP contribution in [0.15, 0.2) is 29.2 Å². The highest BCUT2D eigenvalue weighted by molar-refractivity contribution is 7.89. The Balaban J connectivity index is 2.74. The second-order valence-corrected chi connectivity index (χ2v) is 5.64. The third-order valence-electron chi connectivity index (χ3n) is 2.38. The van der Waals surface area contributed by atoms with Crippen molar-refractivity contribution in [1.82, 2.24) is 4.72 Å². The van der Waals surface area contributed by atoms with E-state index in [2.05, 4.69) is 9.46 Å². The average molecular weight is 287 g/mol. The Morgan fingerprint density at radius 1 is 1.37 bits per heavy atom. The van der Waals surface area contributed by atoms with Crippen molar-refractivity contribution in [2.45, 2.75) is 24.8 Å². The van der Waals surface area contributed by atoms with E-state index in [0.29, 0.717) is 5.56 Å². The number of nitrogens with one attached hydrogen (secondary N) is 1. The smallest absolute Gasteiger partial charge is 0.321 e. The van der Waals surface area contributed by atoms with Crippen molar-refractivity contribution in [3.05, 3.63) is 29.8 Å². The van der Waals surface area contributed by atoms with Crippen LogP contribution >= 0.6 is 0 Å². The van der Waals surface area contributed by atoms with Gasteiger partial charge < -0.3 is 9.84 Å². The monoisotopic (exact) mass is 287 g/mol. The molecule has 1 rings (SSSR count). The molecule has 6 nitrogen and oxygen atoms in total. The van der Waals surface area contributed by atoms with Crippen LogP contribution in [0.25, 0.3) is 0 Å². The number of sulfonamides is 1. The fourth-order valence-electron chi connectivity index (χ4n) is 1.37. The van der Waals surface area contributed by atoms with E-state index < -0.39 is 28.6 Å². The lowest BCUT2D eigenvalue weighted by atomic mass is 10.1. The molecule has 0 aliphatic heterocycles. The fraction of sp³-hybridized carbons (Fsp3) is 0.417. The fourth-order valence-corrected chi connectivity index (χ4v) is 2.34. The van der Waals surface area contributed by atoms with E-state index >= 15 is 0 Å². The number of benzene rings is 1. The van der Waals surface area contributed by atoms with Gasteiger partial charge in [-0.1, -0.05) is 12.1 Å². The summed E-state index contributed by atoms with van der Waals surface area (Å²) < 4.78 is 30.4. The Bertz CT molecular complexity index is 522. The highest BCUT2D eigenvalue weighted by atomic mass is 32.2. The lowest BCUT2D eigenvalue weighted by molar-refractivity contribution is -0.141. The Morgan fingerprint density at radius 2 is 1.95 bits per heavy atom. The lowest BCUT2D eigenvalue weighted by Gasteiger charge is -2.08. The average Bonchev–Trinajstić information content (AvgIpc) is 2.37. The van der Waals surface area contributed by atoms with Crippen molar-refractivity contribution >= 4 is 16.0 Å². The van der Waals surface area contributed by atoms with Gasteiger partial charge in [0.2, 0.25) is 10.0 Å². The summed E-state index contributed by atoms with van der Waals surface area (Å²) in [5.74, 6) is -0.633. The molecule has 0 radical (unpaired) electrons. The van der Waals surface area contributed by atoms with Crippen molar-refractivity contribution in [3.63, 3.8) is 0 Å². The molecule has 0 aliphatic rings. The topological polar surface area (TPSA) is 92.7 Å². The Hall–Kier alpha value is -1.44. The third kappa shape index (κ3) is 4.62. The molecular weight excluding hydrogens is 270 g/mol. The van der Waals surface area contributed by atoms with Gasteiger partial charge in [0.1, 0.15) is 6.54 Å². The number of ether oxygens (including phenoxy) is 1. The van der Waals surface area contributed by atoms with Gasteiger partial charge in [0.25, 0.3) is 0 Å². The zero-order chi connectivity index (χ0) is 14.5. The van der Waals surface area contributed by atoms with E-state index in [-0.39, 0.29) is 11.5 Å². The molecule has 0 spiro atoms. The molecule has 0 aromatic heterocycles.